The van der Waals surface area contributed by atoms with E-state index in [0.717, 1.165) is 6.26 Å². The zero-order valence-electron chi connectivity index (χ0n) is 20.0. The number of benzene rings is 2. The lowest BCUT2D eigenvalue weighted by molar-refractivity contribution is -0.140. The average molecular weight is 494 g/mol. The molecule has 2 amide bonds. The highest BCUT2D eigenvalue weighted by molar-refractivity contribution is 7.92. The highest BCUT2D eigenvalue weighted by atomic mass is 32.2. The molecule has 0 heterocycles. The summed E-state index contributed by atoms with van der Waals surface area (Å²) < 4.78 is 44.5. The molecule has 0 aliphatic heterocycles. The molecular formula is C24H32FN3O5S. The van der Waals surface area contributed by atoms with E-state index in [4.69, 9.17) is 4.74 Å². The van der Waals surface area contributed by atoms with Gasteiger partial charge in [-0.15, -0.1) is 0 Å². The number of nitrogens with zero attached hydrogens (tertiary/aromatic N) is 2. The summed E-state index contributed by atoms with van der Waals surface area (Å²) in [7, 11) is -2.10. The molecular weight excluding hydrogens is 461 g/mol. The molecule has 34 heavy (non-hydrogen) atoms. The van der Waals surface area contributed by atoms with Gasteiger partial charge in [0.05, 0.1) is 19.1 Å². The van der Waals surface area contributed by atoms with E-state index in [-0.39, 0.29) is 37.7 Å². The molecule has 0 spiro atoms. The molecule has 0 aromatic heterocycles. The number of carbonyl (C=O) groups excluding carboxylic acids is 2. The van der Waals surface area contributed by atoms with E-state index < -0.39 is 21.9 Å². The second kappa shape index (κ2) is 12.4. The number of hydrogen-bond donors (Lipinski definition) is 1. The summed E-state index contributed by atoms with van der Waals surface area (Å²) in [5.41, 5.74) is 1.12. The fraction of sp³-hybridized carbons (Fsp3) is 0.417. The lowest BCUT2D eigenvalue weighted by Crippen LogP contribution is -2.47. The van der Waals surface area contributed by atoms with E-state index in [9.17, 15) is 22.4 Å². The summed E-state index contributed by atoms with van der Waals surface area (Å²) >= 11 is 0. The lowest BCUT2D eigenvalue weighted by Gasteiger charge is -2.29. The van der Waals surface area contributed by atoms with Crippen LogP contribution in [0.3, 0.4) is 0 Å². The van der Waals surface area contributed by atoms with E-state index in [2.05, 4.69) is 5.32 Å². The number of likely N-dealkylation sites (N-methyl/N-ethyl adjacent to an activating group) is 1. The van der Waals surface area contributed by atoms with Crippen molar-refractivity contribution >= 4 is 27.5 Å². The number of rotatable bonds is 12. The maximum atomic E-state index is 13.3. The van der Waals surface area contributed by atoms with Crippen LogP contribution >= 0.6 is 0 Å². The Kier molecular flexibility index (Phi) is 9.85. The van der Waals surface area contributed by atoms with Gasteiger partial charge in [0.25, 0.3) is 0 Å². The van der Waals surface area contributed by atoms with Crippen LogP contribution in [0.4, 0.5) is 10.1 Å². The van der Waals surface area contributed by atoms with Gasteiger partial charge in [-0.25, -0.2) is 12.8 Å². The van der Waals surface area contributed by atoms with Gasteiger partial charge in [0.1, 0.15) is 17.6 Å². The largest absolute Gasteiger partial charge is 0.497 e. The van der Waals surface area contributed by atoms with Gasteiger partial charge in [0, 0.05) is 32.1 Å². The Morgan fingerprint density at radius 2 is 1.82 bits per heavy atom. The van der Waals surface area contributed by atoms with Crippen molar-refractivity contribution in [2.75, 3.05) is 30.8 Å². The highest BCUT2D eigenvalue weighted by Crippen LogP contribution is 2.24. The molecule has 0 aliphatic carbocycles. The lowest BCUT2D eigenvalue weighted by atomic mass is 10.1. The van der Waals surface area contributed by atoms with Crippen molar-refractivity contribution in [2.24, 2.45) is 0 Å². The number of halogens is 1. The van der Waals surface area contributed by atoms with Crippen molar-refractivity contribution in [3.05, 3.63) is 59.9 Å². The number of sulfonamides is 1. The number of carbonyl (C=O) groups is 2. The van der Waals surface area contributed by atoms with Gasteiger partial charge >= 0.3 is 0 Å². The van der Waals surface area contributed by atoms with E-state index in [1.54, 1.807) is 50.2 Å². The Morgan fingerprint density at radius 3 is 2.41 bits per heavy atom. The molecule has 8 nitrogen and oxygen atoms in total. The first-order valence-corrected chi connectivity index (χ1v) is 12.8. The molecule has 2 aromatic rings. The summed E-state index contributed by atoms with van der Waals surface area (Å²) in [4.78, 5) is 27.0. The predicted octanol–water partition coefficient (Wildman–Crippen LogP) is 2.93. The van der Waals surface area contributed by atoms with E-state index in [0.29, 0.717) is 23.5 Å². The highest BCUT2D eigenvalue weighted by Gasteiger charge is 2.26. The molecule has 0 radical (unpaired) electrons. The van der Waals surface area contributed by atoms with Crippen LogP contribution in [0.1, 0.15) is 32.3 Å². The topological polar surface area (TPSA) is 96.0 Å². The molecule has 10 heteroatoms. The summed E-state index contributed by atoms with van der Waals surface area (Å²) in [6.07, 6.45) is 1.37. The smallest absolute Gasteiger partial charge is 0.242 e. The zero-order valence-corrected chi connectivity index (χ0v) is 20.8. The van der Waals surface area contributed by atoms with Crippen LogP contribution in [0.25, 0.3) is 0 Å². The van der Waals surface area contributed by atoms with E-state index >= 15 is 0 Å². The van der Waals surface area contributed by atoms with Crippen molar-refractivity contribution in [3.63, 3.8) is 0 Å². The number of amides is 2. The third-order valence-corrected chi connectivity index (χ3v) is 6.47. The average Bonchev–Trinajstić information content (AvgIpc) is 2.80. The Labute approximate surface area is 200 Å². The van der Waals surface area contributed by atoms with Crippen molar-refractivity contribution in [1.82, 2.24) is 10.2 Å². The van der Waals surface area contributed by atoms with Crippen LogP contribution in [0.15, 0.2) is 48.5 Å². The van der Waals surface area contributed by atoms with Gasteiger partial charge in [-0.3, -0.25) is 13.9 Å². The minimum atomic E-state index is -3.60. The third kappa shape index (κ3) is 7.72. The molecule has 0 bridgehead atoms. The standard InChI is InChI=1S/C24H32FN3O5S/c1-5-26-24(30)18(2)27(17-19-11-13-20(25)14-12-19)23(29)10-7-15-28(34(4,31)32)21-8-6-9-22(16-21)33-3/h6,8-9,11-14,16,18H,5,7,10,15,17H2,1-4H3,(H,26,30)/t18-/m0/s1. The molecule has 0 aliphatic rings. The van der Waals surface area contributed by atoms with E-state index in [1.807, 2.05) is 0 Å². The van der Waals surface area contributed by atoms with E-state index in [1.165, 1.54) is 28.4 Å². The number of methoxy groups -OCH3 is 1. The monoisotopic (exact) mass is 493 g/mol. The van der Waals surface area contributed by atoms with Crippen molar-refractivity contribution in [1.29, 1.82) is 0 Å². The molecule has 1 atom stereocenters. The Balaban J connectivity index is 2.15. The SMILES string of the molecule is CCNC(=O)[C@H](C)N(Cc1ccc(F)cc1)C(=O)CCCN(c1cccc(OC)c1)S(C)(=O)=O. The van der Waals surface area contributed by atoms with Crippen LogP contribution in [0.5, 0.6) is 5.75 Å². The third-order valence-electron chi connectivity index (χ3n) is 5.28. The van der Waals surface area contributed by atoms with Gasteiger partial charge in [-0.2, -0.15) is 0 Å². The fourth-order valence-electron chi connectivity index (χ4n) is 3.46. The quantitative estimate of drug-likeness (QED) is 0.491. The van der Waals surface area contributed by atoms with Gasteiger partial charge < -0.3 is 15.0 Å². The van der Waals surface area contributed by atoms with Gasteiger partial charge in [-0.05, 0) is 50.1 Å². The molecule has 2 rings (SSSR count). The zero-order chi connectivity index (χ0) is 25.3. The Bertz CT molecular complexity index is 1080. The minimum Gasteiger partial charge on any atom is -0.497 e. The van der Waals surface area contributed by atoms with Crippen molar-refractivity contribution in [3.8, 4) is 5.75 Å². The van der Waals surface area contributed by atoms with Crippen LogP contribution < -0.4 is 14.4 Å². The Morgan fingerprint density at radius 1 is 1.15 bits per heavy atom. The van der Waals surface area contributed by atoms with Crippen LogP contribution in [-0.2, 0) is 26.2 Å². The molecule has 0 saturated carbocycles. The van der Waals surface area contributed by atoms with Crippen molar-refractivity contribution < 1.29 is 27.1 Å². The summed E-state index contributed by atoms with van der Waals surface area (Å²) in [5, 5.41) is 2.71. The maximum absolute atomic E-state index is 13.3. The maximum Gasteiger partial charge on any atom is 0.242 e. The minimum absolute atomic E-state index is 0.0287. The number of hydrogen-bond acceptors (Lipinski definition) is 5. The first kappa shape index (κ1) is 27.1. The summed E-state index contributed by atoms with van der Waals surface area (Å²) in [6.45, 7) is 4.05. The molecule has 1 N–H and O–H groups in total. The van der Waals surface area contributed by atoms with Crippen LogP contribution in [-0.4, -0.2) is 57.6 Å². The fourth-order valence-corrected chi connectivity index (χ4v) is 4.42. The molecule has 0 saturated heterocycles. The number of nitrogens with one attached hydrogen (secondary N) is 1. The van der Waals surface area contributed by atoms with Crippen LogP contribution in [0.2, 0.25) is 0 Å². The molecule has 2 aromatic carbocycles. The van der Waals surface area contributed by atoms with Gasteiger partial charge in [0.15, 0.2) is 0 Å². The van der Waals surface area contributed by atoms with Crippen LogP contribution in [0, 0.1) is 5.82 Å². The summed E-state index contributed by atoms with van der Waals surface area (Å²) in [5.74, 6) is -0.477. The second-order valence-corrected chi connectivity index (χ2v) is 9.77. The van der Waals surface area contributed by atoms with Gasteiger partial charge in [0.2, 0.25) is 21.8 Å². The summed E-state index contributed by atoms with van der Waals surface area (Å²) in [6, 6.07) is 11.6. The second-order valence-electron chi connectivity index (χ2n) is 7.86. The number of anilines is 1. The number of ether oxygens (including phenoxy) is 1. The Hall–Kier alpha value is -3.14. The molecule has 186 valence electrons. The predicted molar refractivity (Wildman–Crippen MR) is 130 cm³/mol. The molecule has 0 fully saturated rings. The first-order chi connectivity index (χ1) is 16.1. The molecule has 0 unspecified atom stereocenters. The van der Waals surface area contributed by atoms with Crippen molar-refractivity contribution in [2.45, 2.75) is 39.3 Å². The normalized spacial score (nSPS) is 12.0. The first-order valence-electron chi connectivity index (χ1n) is 11.0. The van der Waals surface area contributed by atoms with Gasteiger partial charge in [-0.1, -0.05) is 18.2 Å².